The van der Waals surface area contributed by atoms with Crippen LogP contribution in [0.15, 0.2) is 24.3 Å². The standard InChI is InChI=1S/C19H32O4/c1-2-3-4-5-6-7-8-9-10-11-12-13-14-15-17(19(22)23)16-18(20)21/h7-8,13-14,17H,2-6,9-12,15-16H2,1H3,(H,20,21)(H,22,23)/b8-7+,14-13+. The molecule has 0 aliphatic rings. The van der Waals surface area contributed by atoms with Crippen LogP contribution in [0.2, 0.25) is 0 Å². The minimum absolute atomic E-state index is 0.291. The number of hydrogen-bond donors (Lipinski definition) is 2. The molecule has 0 aromatic rings. The van der Waals surface area contributed by atoms with E-state index in [2.05, 4.69) is 19.1 Å². The summed E-state index contributed by atoms with van der Waals surface area (Å²) in [6, 6.07) is 0. The van der Waals surface area contributed by atoms with Crippen LogP contribution in [0.5, 0.6) is 0 Å². The van der Waals surface area contributed by atoms with Crippen molar-refractivity contribution < 1.29 is 19.8 Å². The van der Waals surface area contributed by atoms with Gasteiger partial charge in [0.15, 0.2) is 0 Å². The summed E-state index contributed by atoms with van der Waals surface area (Å²) in [5.74, 6) is -2.92. The third-order valence-electron chi connectivity index (χ3n) is 3.74. The van der Waals surface area contributed by atoms with Gasteiger partial charge in [-0.15, -0.1) is 0 Å². The maximum absolute atomic E-state index is 10.9. The molecule has 4 nitrogen and oxygen atoms in total. The maximum Gasteiger partial charge on any atom is 0.307 e. The summed E-state index contributed by atoms with van der Waals surface area (Å²) in [6.07, 6.45) is 18.9. The third kappa shape index (κ3) is 15.1. The largest absolute Gasteiger partial charge is 0.481 e. The van der Waals surface area contributed by atoms with Gasteiger partial charge < -0.3 is 10.2 Å². The third-order valence-corrected chi connectivity index (χ3v) is 3.74. The molecule has 23 heavy (non-hydrogen) atoms. The van der Waals surface area contributed by atoms with Gasteiger partial charge >= 0.3 is 11.9 Å². The van der Waals surface area contributed by atoms with Crippen molar-refractivity contribution in [2.75, 3.05) is 0 Å². The molecule has 0 amide bonds. The SMILES string of the molecule is CCCCCC/C=C/CCCC/C=C/CC(CC(=O)O)C(=O)O. The zero-order valence-corrected chi connectivity index (χ0v) is 14.4. The summed E-state index contributed by atoms with van der Waals surface area (Å²) in [4.78, 5) is 21.4. The number of carboxylic acid groups (broad SMARTS) is 2. The van der Waals surface area contributed by atoms with Gasteiger partial charge in [0.2, 0.25) is 0 Å². The van der Waals surface area contributed by atoms with Crippen LogP contribution in [0.1, 0.15) is 77.6 Å². The van der Waals surface area contributed by atoms with Gasteiger partial charge in [-0.05, 0) is 44.9 Å². The molecule has 0 spiro atoms. The minimum Gasteiger partial charge on any atom is -0.481 e. The minimum atomic E-state index is -1.06. The van der Waals surface area contributed by atoms with Crippen LogP contribution in [0, 0.1) is 5.92 Å². The first-order valence-corrected chi connectivity index (χ1v) is 8.82. The summed E-state index contributed by atoms with van der Waals surface area (Å²) >= 11 is 0. The molecule has 0 saturated carbocycles. The Morgan fingerprint density at radius 2 is 1.35 bits per heavy atom. The molecule has 4 heteroatoms. The fraction of sp³-hybridized carbons (Fsp3) is 0.684. The van der Waals surface area contributed by atoms with E-state index in [0.717, 1.165) is 25.7 Å². The normalized spacial score (nSPS) is 12.9. The number of hydrogen-bond acceptors (Lipinski definition) is 2. The molecule has 0 aliphatic heterocycles. The number of allylic oxidation sites excluding steroid dienone is 4. The molecule has 0 radical (unpaired) electrons. The van der Waals surface area contributed by atoms with E-state index < -0.39 is 17.9 Å². The average Bonchev–Trinajstić information content (AvgIpc) is 2.50. The predicted molar refractivity (Wildman–Crippen MR) is 93.5 cm³/mol. The Morgan fingerprint density at radius 1 is 0.826 bits per heavy atom. The highest BCUT2D eigenvalue weighted by atomic mass is 16.4. The van der Waals surface area contributed by atoms with Crippen molar-refractivity contribution in [1.29, 1.82) is 0 Å². The molecule has 1 atom stereocenters. The Bertz CT molecular complexity index is 372. The van der Waals surface area contributed by atoms with Crippen LogP contribution >= 0.6 is 0 Å². The van der Waals surface area contributed by atoms with Gasteiger partial charge in [0.1, 0.15) is 0 Å². The van der Waals surface area contributed by atoms with Crippen LogP contribution in [0.25, 0.3) is 0 Å². The van der Waals surface area contributed by atoms with Gasteiger partial charge in [0.05, 0.1) is 12.3 Å². The summed E-state index contributed by atoms with van der Waals surface area (Å²) in [7, 11) is 0. The second-order valence-corrected chi connectivity index (χ2v) is 5.95. The van der Waals surface area contributed by atoms with Crippen molar-refractivity contribution in [2.45, 2.75) is 77.6 Å². The number of rotatable bonds is 15. The van der Waals surface area contributed by atoms with Crippen molar-refractivity contribution in [2.24, 2.45) is 5.92 Å². The fourth-order valence-electron chi connectivity index (χ4n) is 2.31. The first-order chi connectivity index (χ1) is 11.1. The number of unbranched alkanes of at least 4 members (excludes halogenated alkanes) is 7. The molecule has 132 valence electrons. The van der Waals surface area contributed by atoms with E-state index in [1.54, 1.807) is 6.08 Å². The molecule has 0 aliphatic carbocycles. The molecule has 0 aromatic heterocycles. The fourth-order valence-corrected chi connectivity index (χ4v) is 2.31. The van der Waals surface area contributed by atoms with Gasteiger partial charge in [0, 0.05) is 0 Å². The lowest BCUT2D eigenvalue weighted by atomic mass is 10.0. The average molecular weight is 324 g/mol. The lowest BCUT2D eigenvalue weighted by Crippen LogP contribution is -2.16. The van der Waals surface area contributed by atoms with Crippen LogP contribution in [0.3, 0.4) is 0 Å². The molecule has 0 rings (SSSR count). The van der Waals surface area contributed by atoms with Gasteiger partial charge in [-0.2, -0.15) is 0 Å². The van der Waals surface area contributed by atoms with Crippen molar-refractivity contribution >= 4 is 11.9 Å². The van der Waals surface area contributed by atoms with Crippen molar-refractivity contribution in [3.63, 3.8) is 0 Å². The molecular formula is C19H32O4. The lowest BCUT2D eigenvalue weighted by Gasteiger charge is -2.05. The van der Waals surface area contributed by atoms with Gasteiger partial charge in [0.25, 0.3) is 0 Å². The Morgan fingerprint density at radius 3 is 1.83 bits per heavy atom. The van der Waals surface area contributed by atoms with Crippen LogP contribution < -0.4 is 0 Å². The van der Waals surface area contributed by atoms with Crippen molar-refractivity contribution in [1.82, 2.24) is 0 Å². The van der Waals surface area contributed by atoms with Crippen LogP contribution in [-0.2, 0) is 9.59 Å². The van der Waals surface area contributed by atoms with Crippen molar-refractivity contribution in [3.05, 3.63) is 24.3 Å². The molecule has 0 heterocycles. The van der Waals surface area contributed by atoms with E-state index in [0.29, 0.717) is 6.42 Å². The van der Waals surface area contributed by atoms with Gasteiger partial charge in [-0.3, -0.25) is 9.59 Å². The lowest BCUT2D eigenvalue weighted by molar-refractivity contribution is -0.148. The smallest absolute Gasteiger partial charge is 0.307 e. The molecule has 2 N–H and O–H groups in total. The highest BCUT2D eigenvalue weighted by Gasteiger charge is 2.18. The number of carboxylic acids is 2. The second kappa shape index (κ2) is 15.3. The Labute approximate surface area is 140 Å². The highest BCUT2D eigenvalue weighted by Crippen LogP contribution is 2.11. The molecule has 0 bridgehead atoms. The molecule has 1 unspecified atom stereocenters. The van der Waals surface area contributed by atoms with E-state index in [9.17, 15) is 9.59 Å². The monoisotopic (exact) mass is 324 g/mol. The quantitative estimate of drug-likeness (QED) is 0.321. The summed E-state index contributed by atoms with van der Waals surface area (Å²) in [5, 5.41) is 17.6. The predicted octanol–water partition coefficient (Wildman–Crippen LogP) is 5.20. The van der Waals surface area contributed by atoms with Crippen LogP contribution in [0.4, 0.5) is 0 Å². The topological polar surface area (TPSA) is 74.6 Å². The summed E-state index contributed by atoms with van der Waals surface area (Å²) in [5.41, 5.74) is 0. The first kappa shape index (κ1) is 21.4. The number of aliphatic carboxylic acids is 2. The van der Waals surface area contributed by atoms with Crippen LogP contribution in [-0.4, -0.2) is 22.2 Å². The molecular weight excluding hydrogens is 292 g/mol. The molecule has 0 aromatic carbocycles. The van der Waals surface area contributed by atoms with Gasteiger partial charge in [-0.25, -0.2) is 0 Å². The first-order valence-electron chi connectivity index (χ1n) is 8.82. The van der Waals surface area contributed by atoms with E-state index in [1.165, 1.54) is 32.1 Å². The second-order valence-electron chi connectivity index (χ2n) is 5.95. The van der Waals surface area contributed by atoms with E-state index in [4.69, 9.17) is 10.2 Å². The summed E-state index contributed by atoms with van der Waals surface area (Å²) < 4.78 is 0. The molecule has 0 saturated heterocycles. The maximum atomic E-state index is 10.9. The highest BCUT2D eigenvalue weighted by molar-refractivity contribution is 5.77. The Hall–Kier alpha value is -1.58. The molecule has 0 fully saturated rings. The van der Waals surface area contributed by atoms with E-state index in [1.807, 2.05) is 6.08 Å². The zero-order valence-electron chi connectivity index (χ0n) is 14.4. The zero-order chi connectivity index (χ0) is 17.3. The van der Waals surface area contributed by atoms with E-state index in [-0.39, 0.29) is 6.42 Å². The number of carbonyl (C=O) groups is 2. The van der Waals surface area contributed by atoms with E-state index >= 15 is 0 Å². The van der Waals surface area contributed by atoms with Crippen molar-refractivity contribution in [3.8, 4) is 0 Å². The Kier molecular flexibility index (Phi) is 14.3. The summed E-state index contributed by atoms with van der Waals surface area (Å²) in [6.45, 7) is 2.22. The van der Waals surface area contributed by atoms with Gasteiger partial charge in [-0.1, -0.05) is 50.5 Å². The Balaban J connectivity index is 3.57.